The maximum atomic E-state index is 3.22. The molecule has 0 amide bonds. The van der Waals surface area contributed by atoms with Gasteiger partial charge < -0.3 is 5.32 Å². The van der Waals surface area contributed by atoms with E-state index in [0.717, 1.165) is 6.54 Å². The molecular formula is C10H19N. The lowest BCUT2D eigenvalue weighted by Gasteiger charge is -1.97. The molecule has 0 aromatic rings. The summed E-state index contributed by atoms with van der Waals surface area (Å²) in [5.74, 6) is 0. The molecule has 64 valence electrons. The van der Waals surface area contributed by atoms with Crippen molar-refractivity contribution in [3.05, 3.63) is 24.4 Å². The molecule has 0 aromatic heterocycles. The molecule has 0 saturated carbocycles. The summed E-state index contributed by atoms with van der Waals surface area (Å²) in [6.45, 7) is 5.33. The van der Waals surface area contributed by atoms with E-state index in [0.29, 0.717) is 0 Å². The summed E-state index contributed by atoms with van der Waals surface area (Å²) in [5.41, 5.74) is 0. The molecular weight excluding hydrogens is 134 g/mol. The van der Waals surface area contributed by atoms with Crippen molar-refractivity contribution in [1.82, 2.24) is 5.32 Å². The first kappa shape index (κ1) is 10.3. The number of rotatable bonds is 6. The number of unbranched alkanes of at least 4 members (excludes halogenated alkanes) is 2. The Bertz CT molecular complexity index is 114. The predicted molar refractivity (Wildman–Crippen MR) is 51.5 cm³/mol. The van der Waals surface area contributed by atoms with Crippen LogP contribution in [0, 0.1) is 0 Å². The van der Waals surface area contributed by atoms with E-state index in [1.165, 1.54) is 19.3 Å². The first-order valence-electron chi connectivity index (χ1n) is 4.43. The van der Waals surface area contributed by atoms with Crippen LogP contribution in [0.2, 0.25) is 0 Å². The van der Waals surface area contributed by atoms with Crippen LogP contribution in [0.5, 0.6) is 0 Å². The van der Waals surface area contributed by atoms with Crippen LogP contribution >= 0.6 is 0 Å². The summed E-state index contributed by atoms with van der Waals surface area (Å²) >= 11 is 0. The van der Waals surface area contributed by atoms with Crippen molar-refractivity contribution in [3.8, 4) is 0 Å². The Hall–Kier alpha value is -0.720. The predicted octanol–water partition coefficient (Wildman–Crippen LogP) is 2.86. The molecule has 0 aliphatic heterocycles. The quantitative estimate of drug-likeness (QED) is 0.457. The van der Waals surface area contributed by atoms with Crippen LogP contribution in [0.15, 0.2) is 24.4 Å². The van der Waals surface area contributed by atoms with Crippen molar-refractivity contribution in [2.24, 2.45) is 0 Å². The van der Waals surface area contributed by atoms with Crippen LogP contribution < -0.4 is 5.32 Å². The number of hydrogen-bond donors (Lipinski definition) is 1. The van der Waals surface area contributed by atoms with Crippen LogP contribution in [-0.2, 0) is 0 Å². The number of allylic oxidation sites excluding steroid dienone is 3. The Morgan fingerprint density at radius 2 is 2.00 bits per heavy atom. The Morgan fingerprint density at radius 1 is 1.18 bits per heavy atom. The van der Waals surface area contributed by atoms with Gasteiger partial charge in [0.2, 0.25) is 0 Å². The molecule has 0 saturated heterocycles. The Morgan fingerprint density at radius 3 is 2.64 bits per heavy atom. The maximum absolute atomic E-state index is 3.22. The zero-order valence-corrected chi connectivity index (χ0v) is 7.64. The number of hydrogen-bond acceptors (Lipinski definition) is 1. The SMILES string of the molecule is C/C=C\C=C/NCCCCC. The van der Waals surface area contributed by atoms with Gasteiger partial charge in [-0.3, -0.25) is 0 Å². The largest absolute Gasteiger partial charge is 0.391 e. The fourth-order valence-corrected chi connectivity index (χ4v) is 0.795. The lowest BCUT2D eigenvalue weighted by Crippen LogP contribution is -2.05. The Kier molecular flexibility index (Phi) is 8.67. The van der Waals surface area contributed by atoms with Gasteiger partial charge in [-0.25, -0.2) is 0 Å². The summed E-state index contributed by atoms with van der Waals surface area (Å²) in [6.07, 6.45) is 11.9. The van der Waals surface area contributed by atoms with E-state index in [-0.39, 0.29) is 0 Å². The third-order valence-corrected chi connectivity index (χ3v) is 1.44. The van der Waals surface area contributed by atoms with E-state index in [9.17, 15) is 0 Å². The first-order valence-corrected chi connectivity index (χ1v) is 4.43. The summed E-state index contributed by atoms with van der Waals surface area (Å²) in [7, 11) is 0. The van der Waals surface area contributed by atoms with E-state index < -0.39 is 0 Å². The molecule has 0 radical (unpaired) electrons. The molecule has 0 bridgehead atoms. The first-order chi connectivity index (χ1) is 5.41. The second-order valence-corrected chi connectivity index (χ2v) is 2.55. The molecule has 0 aliphatic carbocycles. The molecule has 1 heteroatoms. The minimum atomic E-state index is 1.10. The summed E-state index contributed by atoms with van der Waals surface area (Å²) in [4.78, 5) is 0. The highest BCUT2D eigenvalue weighted by molar-refractivity contribution is 4.99. The van der Waals surface area contributed by atoms with Gasteiger partial charge in [-0.15, -0.1) is 0 Å². The molecule has 0 unspecified atom stereocenters. The molecule has 0 heterocycles. The van der Waals surface area contributed by atoms with Crippen molar-refractivity contribution in [1.29, 1.82) is 0 Å². The summed E-state index contributed by atoms with van der Waals surface area (Å²) in [6, 6.07) is 0. The highest BCUT2D eigenvalue weighted by atomic mass is 14.8. The molecule has 0 rings (SSSR count). The summed E-state index contributed by atoms with van der Waals surface area (Å²) in [5, 5.41) is 3.22. The van der Waals surface area contributed by atoms with Crippen molar-refractivity contribution < 1.29 is 0 Å². The standard InChI is InChI=1S/C10H19N/c1-3-5-7-9-11-10-8-6-4-2/h3,5,7,9,11H,4,6,8,10H2,1-2H3/b5-3-,9-7-. The fraction of sp³-hybridized carbons (Fsp3) is 0.600. The van der Waals surface area contributed by atoms with Crippen molar-refractivity contribution in [3.63, 3.8) is 0 Å². The zero-order chi connectivity index (χ0) is 8.36. The third-order valence-electron chi connectivity index (χ3n) is 1.44. The van der Waals surface area contributed by atoms with Gasteiger partial charge in [0.05, 0.1) is 0 Å². The van der Waals surface area contributed by atoms with E-state index in [2.05, 4.69) is 12.2 Å². The van der Waals surface area contributed by atoms with Crippen LogP contribution in [0.25, 0.3) is 0 Å². The minimum absolute atomic E-state index is 1.10. The molecule has 1 N–H and O–H groups in total. The van der Waals surface area contributed by atoms with E-state index in [1.807, 2.05) is 31.4 Å². The minimum Gasteiger partial charge on any atom is -0.391 e. The molecule has 0 aromatic carbocycles. The Labute approximate surface area is 70.2 Å². The van der Waals surface area contributed by atoms with Crippen LogP contribution in [-0.4, -0.2) is 6.54 Å². The molecule has 0 atom stereocenters. The van der Waals surface area contributed by atoms with Gasteiger partial charge >= 0.3 is 0 Å². The second-order valence-electron chi connectivity index (χ2n) is 2.55. The highest BCUT2D eigenvalue weighted by Gasteiger charge is 1.80. The van der Waals surface area contributed by atoms with Gasteiger partial charge in [-0.2, -0.15) is 0 Å². The Balaban J connectivity index is 3.01. The van der Waals surface area contributed by atoms with Crippen LogP contribution in [0.1, 0.15) is 33.1 Å². The topological polar surface area (TPSA) is 12.0 Å². The van der Waals surface area contributed by atoms with Gasteiger partial charge in [0.1, 0.15) is 0 Å². The van der Waals surface area contributed by atoms with Crippen molar-refractivity contribution >= 4 is 0 Å². The molecule has 1 nitrogen and oxygen atoms in total. The van der Waals surface area contributed by atoms with Gasteiger partial charge in [-0.1, -0.05) is 31.9 Å². The van der Waals surface area contributed by atoms with Gasteiger partial charge in [0, 0.05) is 6.54 Å². The average molecular weight is 153 g/mol. The van der Waals surface area contributed by atoms with E-state index in [4.69, 9.17) is 0 Å². The van der Waals surface area contributed by atoms with E-state index in [1.54, 1.807) is 0 Å². The second kappa shape index (κ2) is 9.28. The number of nitrogens with one attached hydrogen (secondary N) is 1. The molecule has 0 aliphatic rings. The van der Waals surface area contributed by atoms with Crippen molar-refractivity contribution in [2.45, 2.75) is 33.1 Å². The van der Waals surface area contributed by atoms with Gasteiger partial charge in [-0.05, 0) is 25.6 Å². The monoisotopic (exact) mass is 153 g/mol. The molecule has 11 heavy (non-hydrogen) atoms. The van der Waals surface area contributed by atoms with E-state index >= 15 is 0 Å². The normalized spacial score (nSPS) is 11.5. The lowest BCUT2D eigenvalue weighted by atomic mass is 10.2. The van der Waals surface area contributed by atoms with Crippen LogP contribution in [0.4, 0.5) is 0 Å². The van der Waals surface area contributed by atoms with Gasteiger partial charge in [0.25, 0.3) is 0 Å². The third kappa shape index (κ3) is 9.28. The highest BCUT2D eigenvalue weighted by Crippen LogP contribution is 1.90. The lowest BCUT2D eigenvalue weighted by molar-refractivity contribution is 0.683. The summed E-state index contributed by atoms with van der Waals surface area (Å²) < 4.78 is 0. The van der Waals surface area contributed by atoms with Gasteiger partial charge in [0.15, 0.2) is 0 Å². The molecule has 0 spiro atoms. The zero-order valence-electron chi connectivity index (χ0n) is 7.64. The van der Waals surface area contributed by atoms with Crippen LogP contribution in [0.3, 0.4) is 0 Å². The maximum Gasteiger partial charge on any atom is 0.0141 e. The van der Waals surface area contributed by atoms with Crippen molar-refractivity contribution in [2.75, 3.05) is 6.54 Å². The fourth-order valence-electron chi connectivity index (χ4n) is 0.795. The molecule has 0 fully saturated rings. The average Bonchev–Trinajstić information content (AvgIpc) is 2.03. The smallest absolute Gasteiger partial charge is 0.0141 e.